The second-order valence-corrected chi connectivity index (χ2v) is 3.99. The number of halogens is 3. The van der Waals surface area contributed by atoms with E-state index < -0.39 is 11.7 Å². The lowest BCUT2D eigenvalue weighted by atomic mass is 9.99. The first-order chi connectivity index (χ1) is 8.39. The van der Waals surface area contributed by atoms with Gasteiger partial charge in [0, 0.05) is 23.6 Å². The number of hydrogen-bond donors (Lipinski definition) is 1. The molecule has 0 spiro atoms. The number of aryl methyl sites for hydroxylation is 1. The topological polar surface area (TPSA) is 38.9 Å². The number of nitrogens with two attached hydrogens (primary N) is 1. The van der Waals surface area contributed by atoms with Gasteiger partial charge >= 0.3 is 6.18 Å². The van der Waals surface area contributed by atoms with E-state index in [1.165, 1.54) is 6.07 Å². The first-order valence-electron chi connectivity index (χ1n) is 5.27. The summed E-state index contributed by atoms with van der Waals surface area (Å²) in [5, 5.41) is 0. The van der Waals surface area contributed by atoms with E-state index in [9.17, 15) is 13.2 Å². The Bertz CT molecular complexity index is 577. The Hall–Kier alpha value is -2.04. The van der Waals surface area contributed by atoms with Gasteiger partial charge in [-0.05, 0) is 36.2 Å². The zero-order valence-electron chi connectivity index (χ0n) is 9.62. The molecule has 1 aromatic carbocycles. The summed E-state index contributed by atoms with van der Waals surface area (Å²) in [6.45, 7) is 1.83. The van der Waals surface area contributed by atoms with Crippen LogP contribution in [-0.2, 0) is 6.18 Å². The van der Waals surface area contributed by atoms with E-state index in [4.69, 9.17) is 5.73 Å². The quantitative estimate of drug-likeness (QED) is 0.786. The van der Waals surface area contributed by atoms with Crippen LogP contribution in [0.5, 0.6) is 0 Å². The minimum Gasteiger partial charge on any atom is -0.398 e. The lowest BCUT2D eigenvalue weighted by Gasteiger charge is -2.12. The lowest BCUT2D eigenvalue weighted by Crippen LogP contribution is -2.06. The minimum atomic E-state index is -4.38. The van der Waals surface area contributed by atoms with Crippen LogP contribution >= 0.6 is 0 Å². The Balaban J connectivity index is 2.52. The zero-order chi connectivity index (χ0) is 13.3. The smallest absolute Gasteiger partial charge is 0.398 e. The van der Waals surface area contributed by atoms with Crippen molar-refractivity contribution in [2.75, 3.05) is 5.73 Å². The molecule has 1 aromatic heterocycles. The molecule has 5 heteroatoms. The van der Waals surface area contributed by atoms with Gasteiger partial charge in [-0.15, -0.1) is 0 Å². The van der Waals surface area contributed by atoms with E-state index in [0.29, 0.717) is 5.56 Å². The minimum absolute atomic E-state index is 0.110. The first kappa shape index (κ1) is 12.4. The first-order valence-corrected chi connectivity index (χ1v) is 5.27. The lowest BCUT2D eigenvalue weighted by molar-refractivity contribution is -0.137. The molecule has 2 N–H and O–H groups in total. The molecule has 2 aromatic rings. The van der Waals surface area contributed by atoms with Crippen LogP contribution < -0.4 is 5.73 Å². The van der Waals surface area contributed by atoms with Crippen LogP contribution in [0, 0.1) is 6.92 Å². The standard InChI is InChI=1S/C13H11F3N2/c1-8-7-18-5-4-10(8)11-3-2-9(6-12(11)17)13(14,15)16/h2-7H,17H2,1H3. The van der Waals surface area contributed by atoms with Crippen LogP contribution in [0.2, 0.25) is 0 Å². The normalized spacial score (nSPS) is 11.6. The van der Waals surface area contributed by atoms with Gasteiger partial charge in [0.2, 0.25) is 0 Å². The third-order valence-electron chi connectivity index (χ3n) is 2.69. The van der Waals surface area contributed by atoms with Crippen LogP contribution in [0.25, 0.3) is 11.1 Å². The molecule has 0 bridgehead atoms. The highest BCUT2D eigenvalue weighted by molar-refractivity contribution is 5.78. The van der Waals surface area contributed by atoms with Crippen molar-refractivity contribution in [1.29, 1.82) is 0 Å². The molecule has 0 saturated carbocycles. The maximum absolute atomic E-state index is 12.5. The second kappa shape index (κ2) is 4.33. The SMILES string of the molecule is Cc1cnccc1-c1ccc(C(F)(F)F)cc1N. The number of pyridine rings is 1. The van der Waals surface area contributed by atoms with Gasteiger partial charge in [-0.1, -0.05) is 6.07 Å². The summed E-state index contributed by atoms with van der Waals surface area (Å²) in [5.74, 6) is 0. The monoisotopic (exact) mass is 252 g/mol. The number of alkyl halides is 3. The molecule has 0 aliphatic carbocycles. The molecule has 0 amide bonds. The molecule has 0 atom stereocenters. The predicted octanol–water partition coefficient (Wildman–Crippen LogP) is 3.66. The Kier molecular flexibility index (Phi) is 2.98. The molecule has 0 radical (unpaired) electrons. The molecule has 0 fully saturated rings. The maximum Gasteiger partial charge on any atom is 0.416 e. The predicted molar refractivity (Wildman–Crippen MR) is 63.8 cm³/mol. The largest absolute Gasteiger partial charge is 0.416 e. The molecule has 1 heterocycles. The summed E-state index contributed by atoms with van der Waals surface area (Å²) in [7, 11) is 0. The molecule has 94 valence electrons. The number of nitrogen functional groups attached to an aromatic ring is 1. The second-order valence-electron chi connectivity index (χ2n) is 3.99. The van der Waals surface area contributed by atoms with Gasteiger partial charge in [0.05, 0.1) is 5.56 Å². The molecular formula is C13H11F3N2. The van der Waals surface area contributed by atoms with Gasteiger partial charge in [0.15, 0.2) is 0 Å². The van der Waals surface area contributed by atoms with Crippen molar-refractivity contribution >= 4 is 5.69 Å². The third-order valence-corrected chi connectivity index (χ3v) is 2.69. The zero-order valence-corrected chi connectivity index (χ0v) is 9.62. The Labute approximate surface area is 102 Å². The van der Waals surface area contributed by atoms with Crippen LogP contribution in [-0.4, -0.2) is 4.98 Å². The summed E-state index contributed by atoms with van der Waals surface area (Å²) in [6, 6.07) is 5.11. The summed E-state index contributed by atoms with van der Waals surface area (Å²) >= 11 is 0. The van der Waals surface area contributed by atoms with Crippen molar-refractivity contribution in [1.82, 2.24) is 4.98 Å². The number of hydrogen-bond acceptors (Lipinski definition) is 2. The molecule has 2 nitrogen and oxygen atoms in total. The number of aromatic nitrogens is 1. The van der Waals surface area contributed by atoms with Crippen LogP contribution in [0.15, 0.2) is 36.7 Å². The molecular weight excluding hydrogens is 241 g/mol. The highest BCUT2D eigenvalue weighted by Crippen LogP contribution is 2.35. The van der Waals surface area contributed by atoms with Crippen molar-refractivity contribution < 1.29 is 13.2 Å². The maximum atomic E-state index is 12.5. The molecule has 0 unspecified atom stereocenters. The molecule has 0 saturated heterocycles. The van der Waals surface area contributed by atoms with E-state index in [1.54, 1.807) is 18.5 Å². The van der Waals surface area contributed by atoms with Crippen molar-refractivity contribution in [3.8, 4) is 11.1 Å². The fourth-order valence-corrected chi connectivity index (χ4v) is 1.76. The van der Waals surface area contributed by atoms with E-state index in [1.807, 2.05) is 6.92 Å². The van der Waals surface area contributed by atoms with Crippen molar-refractivity contribution in [3.05, 3.63) is 47.8 Å². The molecule has 18 heavy (non-hydrogen) atoms. The van der Waals surface area contributed by atoms with Gasteiger partial charge in [0.25, 0.3) is 0 Å². The number of rotatable bonds is 1. The third kappa shape index (κ3) is 2.30. The van der Waals surface area contributed by atoms with Crippen molar-refractivity contribution in [2.24, 2.45) is 0 Å². The highest BCUT2D eigenvalue weighted by atomic mass is 19.4. The van der Waals surface area contributed by atoms with E-state index in [2.05, 4.69) is 4.98 Å². The fourth-order valence-electron chi connectivity index (χ4n) is 1.76. The fraction of sp³-hybridized carbons (Fsp3) is 0.154. The average molecular weight is 252 g/mol. The summed E-state index contributed by atoms with van der Waals surface area (Å²) in [5.41, 5.74) is 7.31. The summed E-state index contributed by atoms with van der Waals surface area (Å²) in [6.07, 6.45) is -1.15. The van der Waals surface area contributed by atoms with Gasteiger partial charge in [-0.2, -0.15) is 13.2 Å². The van der Waals surface area contributed by atoms with E-state index in [-0.39, 0.29) is 5.69 Å². The Morgan fingerprint density at radius 1 is 1.11 bits per heavy atom. The van der Waals surface area contributed by atoms with E-state index >= 15 is 0 Å². The Morgan fingerprint density at radius 3 is 2.39 bits per heavy atom. The summed E-state index contributed by atoms with van der Waals surface area (Å²) in [4.78, 5) is 3.94. The van der Waals surface area contributed by atoms with Gasteiger partial charge in [-0.3, -0.25) is 4.98 Å². The van der Waals surface area contributed by atoms with E-state index in [0.717, 1.165) is 23.3 Å². The number of benzene rings is 1. The van der Waals surface area contributed by atoms with Crippen LogP contribution in [0.1, 0.15) is 11.1 Å². The molecule has 0 aliphatic heterocycles. The highest BCUT2D eigenvalue weighted by Gasteiger charge is 2.30. The molecule has 0 aliphatic rings. The van der Waals surface area contributed by atoms with Gasteiger partial charge in [-0.25, -0.2) is 0 Å². The van der Waals surface area contributed by atoms with Crippen molar-refractivity contribution in [3.63, 3.8) is 0 Å². The van der Waals surface area contributed by atoms with Gasteiger partial charge < -0.3 is 5.73 Å². The van der Waals surface area contributed by atoms with Gasteiger partial charge in [0.1, 0.15) is 0 Å². The van der Waals surface area contributed by atoms with Crippen molar-refractivity contribution in [2.45, 2.75) is 13.1 Å². The molecule has 2 rings (SSSR count). The van der Waals surface area contributed by atoms with Crippen LogP contribution in [0.4, 0.5) is 18.9 Å². The summed E-state index contributed by atoms with van der Waals surface area (Å²) < 4.78 is 37.5. The van der Waals surface area contributed by atoms with Crippen LogP contribution in [0.3, 0.4) is 0 Å². The number of nitrogens with zero attached hydrogens (tertiary/aromatic N) is 1. The average Bonchev–Trinajstić information content (AvgIpc) is 2.29. The Morgan fingerprint density at radius 2 is 1.83 bits per heavy atom. The number of anilines is 1.